The van der Waals surface area contributed by atoms with Crippen molar-refractivity contribution < 1.29 is 15.6 Å². The Bertz CT molecular complexity index is 1890. The minimum atomic E-state index is -4.89. The number of benzene rings is 4. The van der Waals surface area contributed by atoms with Crippen molar-refractivity contribution in [2.24, 2.45) is 0 Å². The Morgan fingerprint density at radius 1 is 0.540 bits per heavy atom. The molecule has 2 unspecified atom stereocenters. The van der Waals surface area contributed by atoms with E-state index in [0.29, 0.717) is 0 Å². The predicted molar refractivity (Wildman–Crippen MR) is 223 cm³/mol. The fraction of sp³-hybridized carbons (Fsp3) is 0.391. The van der Waals surface area contributed by atoms with Crippen molar-refractivity contribution in [3.05, 3.63) is 127 Å². The summed E-state index contributed by atoms with van der Waals surface area (Å²) in [6.07, 6.45) is 11.8. The van der Waals surface area contributed by atoms with E-state index in [-0.39, 0.29) is 7.25 Å². The van der Waals surface area contributed by atoms with Gasteiger partial charge < -0.3 is 0 Å². The van der Waals surface area contributed by atoms with Crippen LogP contribution in [-0.4, -0.2) is 5.92 Å². The van der Waals surface area contributed by atoms with Crippen molar-refractivity contribution in [3.8, 4) is 22.3 Å². The SMILES string of the molecule is CCCCC1=Cc2c(-c3ccc(C)c(C)c3C)cccc2[CH]1[Zr]([Cl])([Cl])([CH]1C(CCCC)=Cc2c(-c3ccc(C)c(C)c3C)cccc21)[SiH](C)C. The molecule has 0 N–H and O–H groups in total. The Morgan fingerprint density at radius 2 is 0.940 bits per heavy atom. The second-order valence-electron chi connectivity index (χ2n) is 15.9. The first-order valence-electron chi connectivity index (χ1n) is 19.1. The first kappa shape index (κ1) is 37.8. The summed E-state index contributed by atoms with van der Waals surface area (Å²) < 4.78 is 0.237. The molecule has 2 aliphatic carbocycles. The Hall–Kier alpha value is -1.96. The van der Waals surface area contributed by atoms with Gasteiger partial charge in [0, 0.05) is 0 Å². The zero-order chi connectivity index (χ0) is 36.1. The quantitative estimate of drug-likeness (QED) is 0.133. The van der Waals surface area contributed by atoms with Gasteiger partial charge in [0.15, 0.2) is 0 Å². The second kappa shape index (κ2) is 14.5. The molecule has 0 heterocycles. The van der Waals surface area contributed by atoms with Crippen molar-refractivity contribution in [1.29, 1.82) is 0 Å². The molecule has 0 spiro atoms. The molecule has 4 aromatic carbocycles. The molecule has 0 nitrogen and oxygen atoms in total. The van der Waals surface area contributed by atoms with Crippen LogP contribution in [0.25, 0.3) is 34.4 Å². The topological polar surface area (TPSA) is 0 Å². The molecule has 0 aliphatic heterocycles. The number of unbranched alkanes of at least 4 members (excludes halogenated alkanes) is 2. The summed E-state index contributed by atoms with van der Waals surface area (Å²) in [6, 6.07) is 23.3. The fourth-order valence-corrected chi connectivity index (χ4v) is 40.7. The number of hydrogen-bond acceptors (Lipinski definition) is 0. The number of hydrogen-bond donors (Lipinski definition) is 0. The van der Waals surface area contributed by atoms with Crippen molar-refractivity contribution in [2.75, 3.05) is 0 Å². The standard InChI is InChI=1S/2C22H25.C2H7Si.2ClH.Zr/c2*1-5-6-8-18-13-19-9-7-10-21(22(19)14-18)20-12-11-15(2)16(3)17(20)4;1-3-2;;;/h2*7,9-14H,5-6,8H2,1-4H3;3H,1-2H3;2*1H;/q;;;;;+2/p-2. The molecule has 0 radical (unpaired) electrons. The molecule has 2 atom stereocenters. The summed E-state index contributed by atoms with van der Waals surface area (Å²) >= 11 is -4.89. The summed E-state index contributed by atoms with van der Waals surface area (Å²) in [7, 11) is 17.7. The molecule has 0 fully saturated rings. The van der Waals surface area contributed by atoms with Gasteiger partial charge in [-0.05, 0) is 0 Å². The Morgan fingerprint density at radius 3 is 1.30 bits per heavy atom. The van der Waals surface area contributed by atoms with Gasteiger partial charge >= 0.3 is 315 Å². The second-order valence-corrected chi connectivity index (χ2v) is 58.4. The van der Waals surface area contributed by atoms with Gasteiger partial charge in [-0.3, -0.25) is 0 Å². The zero-order valence-corrected chi connectivity index (χ0v) is 37.3. The number of fused-ring (bicyclic) bond motifs is 2. The molecule has 6 rings (SSSR count). The van der Waals surface area contributed by atoms with E-state index in [0.717, 1.165) is 38.5 Å². The van der Waals surface area contributed by atoms with Gasteiger partial charge in [-0.15, -0.1) is 0 Å². The number of aryl methyl sites for hydroxylation is 2. The molecular formula is C46H57Cl2SiZr. The summed E-state index contributed by atoms with van der Waals surface area (Å²) in [4.78, 5) is 0. The molecule has 0 saturated heterocycles. The third-order valence-electron chi connectivity index (χ3n) is 12.8. The summed E-state index contributed by atoms with van der Waals surface area (Å²) in [6.45, 7) is 23.1. The summed E-state index contributed by atoms with van der Waals surface area (Å²) in [5, 5.41) is 0. The number of allylic oxidation sites excluding steroid dienone is 2. The molecule has 4 aromatic rings. The molecule has 0 saturated carbocycles. The van der Waals surface area contributed by atoms with Gasteiger partial charge in [0.25, 0.3) is 0 Å². The number of halogens is 2. The average Bonchev–Trinajstić information content (AvgIpc) is 3.68. The van der Waals surface area contributed by atoms with E-state index >= 15 is 0 Å². The van der Waals surface area contributed by atoms with Crippen LogP contribution in [0, 0.1) is 41.5 Å². The van der Waals surface area contributed by atoms with Crippen molar-refractivity contribution >= 4 is 35.1 Å². The predicted octanol–water partition coefficient (Wildman–Crippen LogP) is 14.8. The van der Waals surface area contributed by atoms with Crippen LogP contribution in [0.1, 0.15) is 115 Å². The van der Waals surface area contributed by atoms with Crippen LogP contribution in [0.15, 0.2) is 71.8 Å². The van der Waals surface area contributed by atoms with E-state index in [1.165, 1.54) is 89.0 Å². The summed E-state index contributed by atoms with van der Waals surface area (Å²) in [5.74, 6) is -1.65. The van der Waals surface area contributed by atoms with E-state index < -0.39 is 21.5 Å². The zero-order valence-electron chi connectivity index (χ0n) is 32.2. The van der Waals surface area contributed by atoms with Crippen LogP contribution < -0.4 is 0 Å². The van der Waals surface area contributed by atoms with Gasteiger partial charge in [0.1, 0.15) is 0 Å². The van der Waals surface area contributed by atoms with E-state index in [4.69, 9.17) is 17.0 Å². The Labute approximate surface area is 312 Å². The Kier molecular flexibility index (Phi) is 10.9. The molecule has 0 bridgehead atoms. The van der Waals surface area contributed by atoms with Crippen LogP contribution >= 0.6 is 17.0 Å². The molecular weight excluding hydrogens is 743 g/mol. The van der Waals surface area contributed by atoms with Gasteiger partial charge in [0.05, 0.1) is 0 Å². The van der Waals surface area contributed by atoms with Crippen molar-refractivity contribution in [3.63, 3.8) is 0 Å². The molecule has 4 heteroatoms. The van der Waals surface area contributed by atoms with Crippen LogP contribution in [0.2, 0.25) is 13.1 Å². The van der Waals surface area contributed by atoms with E-state index in [1.54, 1.807) is 0 Å². The first-order valence-corrected chi connectivity index (χ1v) is 35.5. The molecule has 263 valence electrons. The normalized spacial score (nSPS) is 17.7. The first-order chi connectivity index (χ1) is 23.8. The molecule has 2 aliphatic rings. The van der Waals surface area contributed by atoms with Crippen LogP contribution in [-0.2, 0) is 15.6 Å². The monoisotopic (exact) mass is 797 g/mol. The van der Waals surface area contributed by atoms with Crippen LogP contribution in [0.4, 0.5) is 0 Å². The van der Waals surface area contributed by atoms with Crippen LogP contribution in [0.3, 0.4) is 0 Å². The summed E-state index contributed by atoms with van der Waals surface area (Å²) in [5.41, 5.74) is 22.0. The number of rotatable bonds is 11. The van der Waals surface area contributed by atoms with Crippen molar-refractivity contribution in [2.45, 2.75) is 114 Å². The van der Waals surface area contributed by atoms with Gasteiger partial charge in [-0.2, -0.15) is 0 Å². The van der Waals surface area contributed by atoms with Gasteiger partial charge in [-0.25, -0.2) is 0 Å². The van der Waals surface area contributed by atoms with Gasteiger partial charge in [-0.1, -0.05) is 0 Å². The molecule has 0 aromatic heterocycles. The third kappa shape index (κ3) is 6.07. The van der Waals surface area contributed by atoms with Crippen LogP contribution in [0.5, 0.6) is 0 Å². The molecule has 0 amide bonds. The fourth-order valence-electron chi connectivity index (χ4n) is 9.22. The maximum absolute atomic E-state index is 8.85. The van der Waals surface area contributed by atoms with E-state index in [9.17, 15) is 0 Å². The van der Waals surface area contributed by atoms with Crippen molar-refractivity contribution in [1.82, 2.24) is 0 Å². The Balaban J connectivity index is 1.62. The minimum absolute atomic E-state index is 0.118. The average molecular weight is 800 g/mol. The van der Waals surface area contributed by atoms with E-state index in [2.05, 4.69) is 141 Å². The molecule has 50 heavy (non-hydrogen) atoms. The maximum atomic E-state index is 8.85. The van der Waals surface area contributed by atoms with Gasteiger partial charge in [0.2, 0.25) is 0 Å². The third-order valence-corrected chi connectivity index (χ3v) is 64.7. The van der Waals surface area contributed by atoms with E-state index in [1.807, 2.05) is 0 Å².